The van der Waals surface area contributed by atoms with Crippen molar-refractivity contribution in [2.45, 2.75) is 18.9 Å². The van der Waals surface area contributed by atoms with Gasteiger partial charge in [0.2, 0.25) is 0 Å². The molecule has 1 aromatic carbocycles. The Bertz CT molecular complexity index is 394. The average Bonchev–Trinajstić information content (AvgIpc) is 2.17. The van der Waals surface area contributed by atoms with Gasteiger partial charge in [-0.1, -0.05) is 12.1 Å². The van der Waals surface area contributed by atoms with Crippen molar-refractivity contribution in [1.29, 1.82) is 0 Å². The number of hydrogen-bond acceptors (Lipinski definition) is 1. The maximum Gasteiger partial charge on any atom is 0.315 e. The molecule has 80 valence electrons. The van der Waals surface area contributed by atoms with Crippen molar-refractivity contribution in [1.82, 2.24) is 10.6 Å². The van der Waals surface area contributed by atoms with Gasteiger partial charge in [-0.25, -0.2) is 9.18 Å². The fraction of sp³-hybridized carbons (Fsp3) is 0.364. The molecule has 1 unspecified atom stereocenters. The molecule has 1 fully saturated rings. The fourth-order valence-electron chi connectivity index (χ4n) is 1.83. The molecule has 1 saturated heterocycles. The first-order valence-corrected chi connectivity index (χ1v) is 4.92. The van der Waals surface area contributed by atoms with Crippen LogP contribution in [0.3, 0.4) is 0 Å². The van der Waals surface area contributed by atoms with E-state index in [4.69, 9.17) is 0 Å². The van der Waals surface area contributed by atoms with E-state index < -0.39 is 5.54 Å². The van der Waals surface area contributed by atoms with E-state index in [9.17, 15) is 9.18 Å². The predicted octanol–water partition coefficient (Wildman–Crippen LogP) is 1.74. The zero-order valence-electron chi connectivity index (χ0n) is 8.51. The third-order valence-corrected chi connectivity index (χ3v) is 2.76. The molecule has 15 heavy (non-hydrogen) atoms. The number of benzene rings is 1. The van der Waals surface area contributed by atoms with Crippen molar-refractivity contribution in [3.05, 3.63) is 35.6 Å². The highest BCUT2D eigenvalue weighted by Crippen LogP contribution is 2.26. The highest BCUT2D eigenvalue weighted by molar-refractivity contribution is 5.76. The summed E-state index contributed by atoms with van der Waals surface area (Å²) in [5.74, 6) is -0.276. The van der Waals surface area contributed by atoms with Crippen LogP contribution in [0.25, 0.3) is 0 Å². The van der Waals surface area contributed by atoms with E-state index in [-0.39, 0.29) is 11.8 Å². The van der Waals surface area contributed by atoms with Crippen LogP contribution in [0.5, 0.6) is 0 Å². The molecule has 1 aliphatic heterocycles. The molecule has 2 N–H and O–H groups in total. The minimum Gasteiger partial charge on any atom is -0.338 e. The molecule has 1 atom stereocenters. The van der Waals surface area contributed by atoms with Gasteiger partial charge >= 0.3 is 6.03 Å². The summed E-state index contributed by atoms with van der Waals surface area (Å²) in [4.78, 5) is 11.2. The first-order chi connectivity index (χ1) is 7.10. The van der Waals surface area contributed by atoms with Crippen molar-refractivity contribution < 1.29 is 9.18 Å². The van der Waals surface area contributed by atoms with Crippen molar-refractivity contribution in [3.8, 4) is 0 Å². The van der Waals surface area contributed by atoms with Gasteiger partial charge < -0.3 is 10.6 Å². The van der Waals surface area contributed by atoms with Gasteiger partial charge in [0.15, 0.2) is 0 Å². The molecule has 2 amide bonds. The van der Waals surface area contributed by atoms with E-state index >= 15 is 0 Å². The second kappa shape index (κ2) is 3.53. The minimum absolute atomic E-state index is 0.201. The highest BCUT2D eigenvalue weighted by atomic mass is 19.1. The first-order valence-electron chi connectivity index (χ1n) is 4.92. The number of carbonyl (C=O) groups excluding carboxylic acids is 1. The van der Waals surface area contributed by atoms with Crippen LogP contribution in [-0.4, -0.2) is 12.6 Å². The van der Waals surface area contributed by atoms with Crippen LogP contribution in [0.15, 0.2) is 24.3 Å². The van der Waals surface area contributed by atoms with Crippen LogP contribution in [0, 0.1) is 5.82 Å². The van der Waals surface area contributed by atoms with Crippen molar-refractivity contribution in [2.75, 3.05) is 6.54 Å². The number of hydrogen-bond donors (Lipinski definition) is 2. The lowest BCUT2D eigenvalue weighted by Crippen LogP contribution is -2.54. The number of amides is 2. The maximum absolute atomic E-state index is 13.1. The maximum atomic E-state index is 13.1. The molecule has 3 nitrogen and oxygen atoms in total. The van der Waals surface area contributed by atoms with Crippen molar-refractivity contribution in [2.24, 2.45) is 0 Å². The molecule has 1 aliphatic rings. The summed E-state index contributed by atoms with van der Waals surface area (Å²) in [6, 6.07) is 6.15. The molecule has 0 bridgehead atoms. The van der Waals surface area contributed by atoms with Crippen LogP contribution in [0.4, 0.5) is 9.18 Å². The summed E-state index contributed by atoms with van der Waals surface area (Å²) >= 11 is 0. The standard InChI is InChI=1S/C11H13FN2O/c1-11(5-6-13-10(15)14-11)8-3-2-4-9(12)7-8/h2-4,7H,5-6H2,1H3,(H2,13,14,15). The second-order valence-corrected chi connectivity index (χ2v) is 3.97. The molecule has 0 aromatic heterocycles. The predicted molar refractivity (Wildman–Crippen MR) is 54.9 cm³/mol. The Kier molecular flexibility index (Phi) is 2.34. The van der Waals surface area contributed by atoms with E-state index in [1.807, 2.05) is 13.0 Å². The molecule has 0 aliphatic carbocycles. The van der Waals surface area contributed by atoms with Crippen molar-refractivity contribution >= 4 is 6.03 Å². The Morgan fingerprint density at radius 1 is 1.47 bits per heavy atom. The van der Waals surface area contributed by atoms with E-state index in [0.29, 0.717) is 6.54 Å². The van der Waals surface area contributed by atoms with E-state index in [2.05, 4.69) is 10.6 Å². The quantitative estimate of drug-likeness (QED) is 0.725. The molecule has 4 heteroatoms. The number of halogens is 1. The lowest BCUT2D eigenvalue weighted by molar-refractivity contribution is 0.211. The Morgan fingerprint density at radius 2 is 2.27 bits per heavy atom. The molecular formula is C11H13FN2O. The van der Waals surface area contributed by atoms with Crippen LogP contribution in [0.1, 0.15) is 18.9 Å². The lowest BCUT2D eigenvalue weighted by Gasteiger charge is -2.35. The zero-order chi connectivity index (χ0) is 10.9. The van der Waals surface area contributed by atoms with Crippen LogP contribution >= 0.6 is 0 Å². The van der Waals surface area contributed by atoms with Gasteiger partial charge in [0, 0.05) is 6.54 Å². The van der Waals surface area contributed by atoms with E-state index in [0.717, 1.165) is 12.0 Å². The molecule has 0 saturated carbocycles. The monoisotopic (exact) mass is 208 g/mol. The number of rotatable bonds is 1. The third-order valence-electron chi connectivity index (χ3n) is 2.76. The molecule has 1 aromatic rings. The van der Waals surface area contributed by atoms with Crippen LogP contribution in [-0.2, 0) is 5.54 Å². The third kappa shape index (κ3) is 1.93. The Balaban J connectivity index is 2.32. The Labute approximate surface area is 87.7 Å². The zero-order valence-corrected chi connectivity index (χ0v) is 8.51. The molecule has 0 spiro atoms. The Morgan fingerprint density at radius 3 is 2.93 bits per heavy atom. The summed E-state index contributed by atoms with van der Waals surface area (Å²) in [6.07, 6.45) is 0.752. The van der Waals surface area contributed by atoms with Gasteiger partial charge in [0.25, 0.3) is 0 Å². The summed E-state index contributed by atoms with van der Waals surface area (Å²) in [5, 5.41) is 5.50. The van der Waals surface area contributed by atoms with Gasteiger partial charge in [0.05, 0.1) is 5.54 Å². The van der Waals surface area contributed by atoms with Crippen LogP contribution < -0.4 is 10.6 Å². The summed E-state index contributed by atoms with van der Waals surface area (Å²) in [5.41, 5.74) is 0.335. The summed E-state index contributed by atoms with van der Waals surface area (Å²) in [7, 11) is 0. The van der Waals surface area contributed by atoms with Gasteiger partial charge in [-0.3, -0.25) is 0 Å². The number of urea groups is 1. The minimum atomic E-state index is -0.468. The topological polar surface area (TPSA) is 41.1 Å². The molecule has 2 rings (SSSR count). The second-order valence-electron chi connectivity index (χ2n) is 3.97. The van der Waals surface area contributed by atoms with E-state index in [1.165, 1.54) is 12.1 Å². The van der Waals surface area contributed by atoms with Crippen molar-refractivity contribution in [3.63, 3.8) is 0 Å². The van der Waals surface area contributed by atoms with Crippen LogP contribution in [0.2, 0.25) is 0 Å². The van der Waals surface area contributed by atoms with Gasteiger partial charge in [-0.15, -0.1) is 0 Å². The normalized spacial score (nSPS) is 25.6. The van der Waals surface area contributed by atoms with Gasteiger partial charge in [-0.05, 0) is 31.0 Å². The molecule has 1 heterocycles. The van der Waals surface area contributed by atoms with Gasteiger partial charge in [0.1, 0.15) is 5.82 Å². The largest absolute Gasteiger partial charge is 0.338 e. The average molecular weight is 208 g/mol. The highest BCUT2D eigenvalue weighted by Gasteiger charge is 2.31. The Hall–Kier alpha value is -1.58. The fourth-order valence-corrected chi connectivity index (χ4v) is 1.83. The molecular weight excluding hydrogens is 195 g/mol. The van der Waals surface area contributed by atoms with E-state index in [1.54, 1.807) is 6.07 Å². The first kappa shape index (κ1) is 9.96. The van der Waals surface area contributed by atoms with Gasteiger partial charge in [-0.2, -0.15) is 0 Å². The molecule has 0 radical (unpaired) electrons. The smallest absolute Gasteiger partial charge is 0.315 e. The summed E-state index contributed by atoms with van der Waals surface area (Å²) < 4.78 is 13.1. The number of nitrogens with one attached hydrogen (secondary N) is 2. The lowest BCUT2D eigenvalue weighted by atomic mass is 9.87. The SMILES string of the molecule is CC1(c2cccc(F)c2)CCNC(=O)N1. The summed E-state index contributed by atoms with van der Waals surface area (Å²) in [6.45, 7) is 2.51. The number of carbonyl (C=O) groups is 1.